The predicted molar refractivity (Wildman–Crippen MR) is 135 cm³/mol. The highest BCUT2D eigenvalue weighted by molar-refractivity contribution is 6.04. The van der Waals surface area contributed by atoms with Gasteiger partial charge in [0.25, 0.3) is 0 Å². The van der Waals surface area contributed by atoms with Crippen LogP contribution in [0.4, 0.5) is 17.1 Å². The minimum atomic E-state index is 0.962. The standard InChI is InChI=1S/C18H15N.C12H8O/c1-4-10-16(11-5-1)19(17-12-6-2-7-13-17)18-14-8-3-9-15-18;1-3-7-11-9(5-1)10-6-2-4-8-12(10)13-11/h1-15H;1-8H. The topological polar surface area (TPSA) is 16.4 Å². The maximum Gasteiger partial charge on any atom is 0.135 e. The summed E-state index contributed by atoms with van der Waals surface area (Å²) in [5, 5.41) is 2.39. The molecule has 0 amide bonds. The van der Waals surface area contributed by atoms with Crippen molar-refractivity contribution in [3.8, 4) is 0 Å². The Morgan fingerprint density at radius 1 is 0.344 bits per heavy atom. The second-order valence-electron chi connectivity index (χ2n) is 7.44. The Labute approximate surface area is 188 Å². The highest BCUT2D eigenvalue weighted by atomic mass is 16.3. The van der Waals surface area contributed by atoms with Crippen LogP contribution in [0.3, 0.4) is 0 Å². The van der Waals surface area contributed by atoms with E-state index < -0.39 is 0 Å². The van der Waals surface area contributed by atoms with E-state index in [2.05, 4.69) is 89.8 Å². The van der Waals surface area contributed by atoms with Gasteiger partial charge in [0, 0.05) is 27.8 Å². The monoisotopic (exact) mass is 413 g/mol. The van der Waals surface area contributed by atoms with Gasteiger partial charge in [0.2, 0.25) is 0 Å². The number of hydrogen-bond acceptors (Lipinski definition) is 2. The maximum atomic E-state index is 5.65. The van der Waals surface area contributed by atoms with E-state index in [-0.39, 0.29) is 0 Å². The number of benzene rings is 5. The van der Waals surface area contributed by atoms with Crippen LogP contribution in [0.15, 0.2) is 144 Å². The smallest absolute Gasteiger partial charge is 0.135 e. The van der Waals surface area contributed by atoms with Crippen LogP contribution in [0.2, 0.25) is 0 Å². The lowest BCUT2D eigenvalue weighted by atomic mass is 10.2. The zero-order chi connectivity index (χ0) is 21.6. The summed E-state index contributed by atoms with van der Waals surface area (Å²) in [4.78, 5) is 2.25. The molecule has 0 saturated carbocycles. The van der Waals surface area contributed by atoms with E-state index in [0.29, 0.717) is 0 Å². The third kappa shape index (κ3) is 4.12. The van der Waals surface area contributed by atoms with Crippen molar-refractivity contribution in [1.29, 1.82) is 0 Å². The molecule has 5 aromatic carbocycles. The maximum absolute atomic E-state index is 5.65. The molecule has 2 heteroatoms. The molecule has 6 rings (SSSR count). The van der Waals surface area contributed by atoms with E-state index in [1.54, 1.807) is 0 Å². The summed E-state index contributed by atoms with van der Waals surface area (Å²) >= 11 is 0. The Morgan fingerprint density at radius 3 is 1.03 bits per heavy atom. The van der Waals surface area contributed by atoms with Gasteiger partial charge in [-0.15, -0.1) is 0 Å². The number of hydrogen-bond donors (Lipinski definition) is 0. The van der Waals surface area contributed by atoms with E-state index in [1.165, 1.54) is 27.8 Å². The molecule has 0 N–H and O–H groups in total. The third-order valence-electron chi connectivity index (χ3n) is 5.33. The summed E-state index contributed by atoms with van der Waals surface area (Å²) in [5.74, 6) is 0. The van der Waals surface area contributed by atoms with Gasteiger partial charge in [-0.1, -0.05) is 91.0 Å². The summed E-state index contributed by atoms with van der Waals surface area (Å²) in [6.45, 7) is 0. The van der Waals surface area contributed by atoms with Crippen LogP contribution in [0, 0.1) is 0 Å². The largest absolute Gasteiger partial charge is 0.456 e. The van der Waals surface area contributed by atoms with Gasteiger partial charge in [-0.25, -0.2) is 0 Å². The summed E-state index contributed by atoms with van der Waals surface area (Å²) in [6.07, 6.45) is 0. The first-order chi connectivity index (χ1) is 15.9. The van der Waals surface area contributed by atoms with Crippen LogP contribution >= 0.6 is 0 Å². The Kier molecular flexibility index (Phi) is 5.67. The Morgan fingerprint density at radius 2 is 0.656 bits per heavy atom. The van der Waals surface area contributed by atoms with Crippen molar-refractivity contribution in [1.82, 2.24) is 0 Å². The lowest BCUT2D eigenvalue weighted by molar-refractivity contribution is 0.669. The van der Waals surface area contributed by atoms with E-state index >= 15 is 0 Å². The molecule has 0 unspecified atom stereocenters. The van der Waals surface area contributed by atoms with Crippen LogP contribution in [0.5, 0.6) is 0 Å². The lowest BCUT2D eigenvalue weighted by Crippen LogP contribution is -2.09. The van der Waals surface area contributed by atoms with Gasteiger partial charge >= 0.3 is 0 Å². The Hall–Kier alpha value is -4.30. The minimum Gasteiger partial charge on any atom is -0.456 e. The summed E-state index contributed by atoms with van der Waals surface area (Å²) in [6, 6.07) is 47.5. The molecule has 0 spiro atoms. The van der Waals surface area contributed by atoms with Gasteiger partial charge in [-0.3, -0.25) is 0 Å². The first-order valence-electron chi connectivity index (χ1n) is 10.7. The summed E-state index contributed by atoms with van der Waals surface area (Å²) < 4.78 is 5.65. The van der Waals surface area contributed by atoms with Crippen LogP contribution in [-0.2, 0) is 0 Å². The molecule has 2 nitrogen and oxygen atoms in total. The highest BCUT2D eigenvalue weighted by Crippen LogP contribution is 2.33. The number of nitrogens with zero attached hydrogens (tertiary/aromatic N) is 1. The van der Waals surface area contributed by atoms with E-state index in [1.807, 2.05) is 54.6 Å². The fourth-order valence-corrected chi connectivity index (χ4v) is 3.85. The third-order valence-corrected chi connectivity index (χ3v) is 5.33. The van der Waals surface area contributed by atoms with Gasteiger partial charge in [0.15, 0.2) is 0 Å². The predicted octanol–water partition coefficient (Wildman–Crippen LogP) is 8.74. The molecule has 0 aliphatic carbocycles. The van der Waals surface area contributed by atoms with Crippen molar-refractivity contribution >= 4 is 39.0 Å². The van der Waals surface area contributed by atoms with Crippen LogP contribution in [0.25, 0.3) is 21.9 Å². The zero-order valence-electron chi connectivity index (χ0n) is 17.6. The second kappa shape index (κ2) is 9.23. The number of anilines is 3. The summed E-state index contributed by atoms with van der Waals surface area (Å²) in [5.41, 5.74) is 5.42. The fraction of sp³-hybridized carbons (Fsp3) is 0. The molecule has 0 aliphatic heterocycles. The molecule has 0 saturated heterocycles. The lowest BCUT2D eigenvalue weighted by Gasteiger charge is -2.25. The minimum absolute atomic E-state index is 0.962. The SMILES string of the molecule is c1ccc(N(c2ccccc2)c2ccccc2)cc1.c1ccc2c(c1)oc1ccccc12. The van der Waals surface area contributed by atoms with Crippen molar-refractivity contribution in [2.45, 2.75) is 0 Å². The number of para-hydroxylation sites is 5. The van der Waals surface area contributed by atoms with Crippen LogP contribution in [-0.4, -0.2) is 0 Å². The molecule has 32 heavy (non-hydrogen) atoms. The average Bonchev–Trinajstić information content (AvgIpc) is 3.26. The molecule has 0 radical (unpaired) electrons. The van der Waals surface area contributed by atoms with Crippen molar-refractivity contribution in [3.63, 3.8) is 0 Å². The molecule has 0 atom stereocenters. The summed E-state index contributed by atoms with van der Waals surface area (Å²) in [7, 11) is 0. The molecule has 0 aliphatic rings. The Bertz CT molecular complexity index is 1260. The van der Waals surface area contributed by atoms with E-state index in [4.69, 9.17) is 4.42 Å². The highest BCUT2D eigenvalue weighted by Gasteiger charge is 2.10. The first-order valence-corrected chi connectivity index (χ1v) is 10.7. The zero-order valence-corrected chi connectivity index (χ0v) is 17.6. The van der Waals surface area contributed by atoms with E-state index in [9.17, 15) is 0 Å². The molecular formula is C30H23NO. The molecule has 0 fully saturated rings. The van der Waals surface area contributed by atoms with Crippen molar-refractivity contribution in [2.24, 2.45) is 0 Å². The van der Waals surface area contributed by atoms with E-state index in [0.717, 1.165) is 11.2 Å². The molecule has 0 bridgehead atoms. The number of fused-ring (bicyclic) bond motifs is 3. The molecule has 6 aromatic rings. The quantitative estimate of drug-likeness (QED) is 0.288. The van der Waals surface area contributed by atoms with Gasteiger partial charge in [-0.05, 0) is 48.5 Å². The average molecular weight is 414 g/mol. The molecule has 1 aromatic heterocycles. The van der Waals surface area contributed by atoms with Gasteiger partial charge in [-0.2, -0.15) is 0 Å². The molecule has 154 valence electrons. The van der Waals surface area contributed by atoms with Crippen LogP contribution < -0.4 is 4.90 Å². The van der Waals surface area contributed by atoms with Gasteiger partial charge < -0.3 is 9.32 Å². The van der Waals surface area contributed by atoms with Crippen molar-refractivity contribution < 1.29 is 4.42 Å². The van der Waals surface area contributed by atoms with Crippen molar-refractivity contribution in [2.75, 3.05) is 4.90 Å². The normalized spacial score (nSPS) is 10.5. The molecule has 1 heterocycles. The second-order valence-corrected chi connectivity index (χ2v) is 7.44. The van der Waals surface area contributed by atoms with Gasteiger partial charge in [0.05, 0.1) is 0 Å². The van der Waals surface area contributed by atoms with Crippen LogP contribution in [0.1, 0.15) is 0 Å². The fourth-order valence-electron chi connectivity index (χ4n) is 3.85. The van der Waals surface area contributed by atoms with Crippen molar-refractivity contribution in [3.05, 3.63) is 140 Å². The Balaban J connectivity index is 0.000000144. The van der Waals surface area contributed by atoms with Gasteiger partial charge in [0.1, 0.15) is 11.2 Å². The first kappa shape index (κ1) is 19.7. The molecular weight excluding hydrogens is 390 g/mol. The number of rotatable bonds is 3. The number of furan rings is 1.